The lowest BCUT2D eigenvalue weighted by molar-refractivity contribution is 0.293. The highest BCUT2D eigenvalue weighted by Crippen LogP contribution is 2.23. The first-order valence-corrected chi connectivity index (χ1v) is 8.76. The van der Waals surface area contributed by atoms with Gasteiger partial charge in [0.1, 0.15) is 17.2 Å². The second kappa shape index (κ2) is 8.29. The van der Waals surface area contributed by atoms with Crippen LogP contribution in [0.25, 0.3) is 0 Å². The Bertz CT molecular complexity index is 794. The molecule has 0 bridgehead atoms. The molecule has 1 aliphatic rings. The number of rotatable bonds is 8. The van der Waals surface area contributed by atoms with Crippen molar-refractivity contribution in [2.75, 3.05) is 67.5 Å². The van der Waals surface area contributed by atoms with Gasteiger partial charge in [0.15, 0.2) is 0 Å². The van der Waals surface area contributed by atoms with E-state index in [4.69, 9.17) is 5.11 Å². The fraction of sp³-hybridized carbons (Fsp3) is 0.444. The molecule has 0 amide bonds. The van der Waals surface area contributed by atoms with E-state index < -0.39 is 10.9 Å². The van der Waals surface area contributed by atoms with Gasteiger partial charge in [0.2, 0.25) is 0 Å². The number of benzene rings is 1. The first kappa shape index (κ1) is 18.3. The standard InChI is InChI=1S/C18H23FN4O3/c19-13-1-3-14(4-2-13)22-8-10-23(11-9-22)16-15(17(25)18(16)26)21-6-5-20-7-12-24/h1-4,20-21,24H,5-12H2. The lowest BCUT2D eigenvalue weighted by Crippen LogP contribution is -2.51. The zero-order valence-corrected chi connectivity index (χ0v) is 14.5. The van der Waals surface area contributed by atoms with Gasteiger partial charge >= 0.3 is 0 Å². The number of aliphatic hydroxyl groups excluding tert-OH is 1. The number of nitrogens with one attached hydrogen (secondary N) is 2. The van der Waals surface area contributed by atoms with Crippen molar-refractivity contribution < 1.29 is 9.50 Å². The van der Waals surface area contributed by atoms with Crippen molar-refractivity contribution in [2.24, 2.45) is 0 Å². The molecule has 2 aromatic carbocycles. The molecular formula is C18H23FN4O3. The average molecular weight is 362 g/mol. The van der Waals surface area contributed by atoms with Crippen LogP contribution < -0.4 is 31.3 Å². The van der Waals surface area contributed by atoms with Crippen LogP contribution in [0, 0.1) is 5.82 Å². The van der Waals surface area contributed by atoms with Gasteiger partial charge in [0.25, 0.3) is 10.9 Å². The number of nitrogens with zero attached hydrogens (tertiary/aromatic N) is 2. The fourth-order valence-corrected chi connectivity index (χ4v) is 3.17. The van der Waals surface area contributed by atoms with Crippen LogP contribution in [0.15, 0.2) is 33.9 Å². The van der Waals surface area contributed by atoms with E-state index >= 15 is 0 Å². The van der Waals surface area contributed by atoms with E-state index in [-0.39, 0.29) is 12.4 Å². The fourth-order valence-electron chi connectivity index (χ4n) is 3.17. The molecule has 1 fully saturated rings. The summed E-state index contributed by atoms with van der Waals surface area (Å²) in [4.78, 5) is 27.9. The summed E-state index contributed by atoms with van der Waals surface area (Å²) < 4.78 is 13.0. The maximum absolute atomic E-state index is 13.0. The van der Waals surface area contributed by atoms with Crippen LogP contribution in [-0.4, -0.2) is 57.5 Å². The molecule has 7 nitrogen and oxygen atoms in total. The van der Waals surface area contributed by atoms with Crippen LogP contribution in [-0.2, 0) is 0 Å². The summed E-state index contributed by atoms with van der Waals surface area (Å²) in [6.45, 7) is 4.29. The van der Waals surface area contributed by atoms with Crippen molar-refractivity contribution in [1.29, 1.82) is 0 Å². The van der Waals surface area contributed by atoms with Crippen LogP contribution >= 0.6 is 0 Å². The third-order valence-electron chi connectivity index (χ3n) is 4.56. The minimum atomic E-state index is -0.469. The Balaban J connectivity index is 1.57. The highest BCUT2D eigenvalue weighted by atomic mass is 19.1. The van der Waals surface area contributed by atoms with Gasteiger partial charge in [0.05, 0.1) is 6.61 Å². The van der Waals surface area contributed by atoms with Gasteiger partial charge in [-0.3, -0.25) is 9.59 Å². The third kappa shape index (κ3) is 3.86. The van der Waals surface area contributed by atoms with Gasteiger partial charge in [-0.05, 0) is 24.3 Å². The average Bonchev–Trinajstić information content (AvgIpc) is 2.67. The van der Waals surface area contributed by atoms with Crippen molar-refractivity contribution in [3.05, 3.63) is 50.5 Å². The number of hydrogen-bond acceptors (Lipinski definition) is 7. The van der Waals surface area contributed by atoms with E-state index in [0.717, 1.165) is 5.69 Å². The molecular weight excluding hydrogens is 339 g/mol. The summed E-state index contributed by atoms with van der Waals surface area (Å²) in [5, 5.41) is 14.7. The predicted molar refractivity (Wildman–Crippen MR) is 101 cm³/mol. The molecule has 1 saturated heterocycles. The summed E-state index contributed by atoms with van der Waals surface area (Å²) in [7, 11) is 0. The molecule has 0 aliphatic carbocycles. The molecule has 3 rings (SSSR count). The maximum atomic E-state index is 13.0. The molecule has 0 radical (unpaired) electrons. The van der Waals surface area contributed by atoms with Crippen LogP contribution in [0.5, 0.6) is 0 Å². The Kier molecular flexibility index (Phi) is 5.85. The second-order valence-electron chi connectivity index (χ2n) is 6.23. The van der Waals surface area contributed by atoms with Crippen LogP contribution in [0.4, 0.5) is 21.5 Å². The molecule has 8 heteroatoms. The SMILES string of the molecule is O=c1c(NCCNCCO)c(N2CCN(c3ccc(F)cc3)CC2)c1=O. The lowest BCUT2D eigenvalue weighted by Gasteiger charge is -2.38. The Morgan fingerprint density at radius 1 is 0.923 bits per heavy atom. The first-order valence-electron chi connectivity index (χ1n) is 8.76. The van der Waals surface area contributed by atoms with Gasteiger partial charge in [-0.15, -0.1) is 0 Å². The molecule has 2 aromatic rings. The summed E-state index contributed by atoms with van der Waals surface area (Å²) in [5.74, 6) is -0.264. The minimum absolute atomic E-state index is 0.0592. The third-order valence-corrected chi connectivity index (χ3v) is 4.56. The van der Waals surface area contributed by atoms with Crippen molar-refractivity contribution in [2.45, 2.75) is 0 Å². The normalized spacial score (nSPS) is 14.8. The van der Waals surface area contributed by atoms with Crippen molar-refractivity contribution in [3.63, 3.8) is 0 Å². The van der Waals surface area contributed by atoms with E-state index in [9.17, 15) is 14.0 Å². The van der Waals surface area contributed by atoms with E-state index in [0.29, 0.717) is 57.2 Å². The summed E-state index contributed by atoms with van der Waals surface area (Å²) in [6.07, 6.45) is 0. The highest BCUT2D eigenvalue weighted by Gasteiger charge is 2.28. The largest absolute Gasteiger partial charge is 0.395 e. The molecule has 3 N–H and O–H groups in total. The van der Waals surface area contributed by atoms with E-state index in [1.807, 2.05) is 4.90 Å². The van der Waals surface area contributed by atoms with Gasteiger partial charge in [-0.2, -0.15) is 0 Å². The Morgan fingerprint density at radius 3 is 2.23 bits per heavy atom. The van der Waals surface area contributed by atoms with Crippen molar-refractivity contribution in [3.8, 4) is 0 Å². The van der Waals surface area contributed by atoms with Crippen LogP contribution in [0.3, 0.4) is 0 Å². The molecule has 0 unspecified atom stereocenters. The Hall–Kier alpha value is -2.45. The van der Waals surface area contributed by atoms with E-state index in [1.165, 1.54) is 12.1 Å². The van der Waals surface area contributed by atoms with Gasteiger partial charge in [0, 0.05) is 51.5 Å². The first-order chi connectivity index (χ1) is 12.6. The van der Waals surface area contributed by atoms with Gasteiger partial charge < -0.3 is 25.5 Å². The zero-order chi connectivity index (χ0) is 18.5. The van der Waals surface area contributed by atoms with Gasteiger partial charge in [-0.25, -0.2) is 4.39 Å². The van der Waals surface area contributed by atoms with Crippen LogP contribution in [0.1, 0.15) is 0 Å². The predicted octanol–water partition coefficient (Wildman–Crippen LogP) is -0.258. The topological polar surface area (TPSA) is 84.9 Å². The van der Waals surface area contributed by atoms with Gasteiger partial charge in [-0.1, -0.05) is 0 Å². The molecule has 0 spiro atoms. The zero-order valence-electron chi connectivity index (χ0n) is 14.5. The summed E-state index contributed by atoms with van der Waals surface area (Å²) in [6, 6.07) is 6.36. The molecule has 140 valence electrons. The van der Waals surface area contributed by atoms with E-state index in [1.54, 1.807) is 12.1 Å². The molecule has 0 atom stereocenters. The quantitative estimate of drug-likeness (QED) is 0.441. The maximum Gasteiger partial charge on any atom is 0.253 e. The van der Waals surface area contributed by atoms with E-state index in [2.05, 4.69) is 15.5 Å². The molecule has 0 saturated carbocycles. The Labute approximate surface area is 150 Å². The minimum Gasteiger partial charge on any atom is -0.395 e. The smallest absolute Gasteiger partial charge is 0.253 e. The second-order valence-corrected chi connectivity index (χ2v) is 6.23. The number of hydrogen-bond donors (Lipinski definition) is 3. The Morgan fingerprint density at radius 2 is 1.58 bits per heavy atom. The molecule has 1 heterocycles. The molecule has 1 aliphatic heterocycles. The summed E-state index contributed by atoms with van der Waals surface area (Å²) >= 11 is 0. The number of aliphatic hydroxyl groups is 1. The van der Waals surface area contributed by atoms with Crippen LogP contribution in [0.2, 0.25) is 0 Å². The van der Waals surface area contributed by atoms with Crippen molar-refractivity contribution in [1.82, 2.24) is 5.32 Å². The number of piperazine rings is 1. The number of halogens is 1. The lowest BCUT2D eigenvalue weighted by atomic mass is 10.1. The highest BCUT2D eigenvalue weighted by molar-refractivity contribution is 5.75. The number of anilines is 3. The summed E-state index contributed by atoms with van der Waals surface area (Å²) in [5.41, 5.74) is 0.894. The monoisotopic (exact) mass is 362 g/mol. The molecule has 0 aromatic heterocycles. The molecule has 26 heavy (non-hydrogen) atoms. The van der Waals surface area contributed by atoms with Crippen molar-refractivity contribution >= 4 is 17.1 Å².